The molecule has 5 rings (SSSR count). The normalized spacial score (nSPS) is 74.4. The highest BCUT2D eigenvalue weighted by Gasteiger charge is 2.75. The lowest BCUT2D eigenvalue weighted by atomic mass is 9.54. The van der Waals surface area contributed by atoms with Gasteiger partial charge in [0.1, 0.15) is 0 Å². The zero-order valence-corrected chi connectivity index (χ0v) is 6.10. The van der Waals surface area contributed by atoms with Crippen LogP contribution in [-0.2, 0) is 4.74 Å². The van der Waals surface area contributed by atoms with Crippen LogP contribution < -0.4 is 0 Å². The fourth-order valence-corrected chi connectivity index (χ4v) is 4.51. The molecule has 10 heavy (non-hydrogen) atoms. The Morgan fingerprint density at radius 1 is 1.20 bits per heavy atom. The average Bonchev–Trinajstić information content (AvgIpc) is 2.35. The molecule has 2 spiro atoms. The highest BCUT2D eigenvalue weighted by atomic mass is 16.5. The molecule has 5 aliphatic rings. The molecule has 54 valence electrons. The predicted molar refractivity (Wildman–Crippen MR) is 36.6 cm³/mol. The molecule has 2 unspecified atom stereocenters. The fourth-order valence-electron chi connectivity index (χ4n) is 4.51. The van der Waals surface area contributed by atoms with E-state index in [0.717, 1.165) is 23.4 Å². The monoisotopic (exact) mass is 136 g/mol. The van der Waals surface area contributed by atoms with E-state index >= 15 is 0 Å². The van der Waals surface area contributed by atoms with Gasteiger partial charge in [0.15, 0.2) is 0 Å². The van der Waals surface area contributed by atoms with Gasteiger partial charge in [0, 0.05) is 5.41 Å². The van der Waals surface area contributed by atoms with Crippen molar-refractivity contribution in [3.8, 4) is 0 Å². The lowest BCUT2D eigenvalue weighted by Gasteiger charge is -2.48. The van der Waals surface area contributed by atoms with Crippen molar-refractivity contribution < 1.29 is 4.74 Å². The molecule has 2 atom stereocenters. The van der Waals surface area contributed by atoms with Gasteiger partial charge in [-0.1, -0.05) is 0 Å². The molecule has 1 nitrogen and oxygen atoms in total. The summed E-state index contributed by atoms with van der Waals surface area (Å²) in [7, 11) is 0. The van der Waals surface area contributed by atoms with Gasteiger partial charge in [-0.05, 0) is 37.0 Å². The van der Waals surface area contributed by atoms with Gasteiger partial charge in [-0.2, -0.15) is 0 Å². The lowest BCUT2D eigenvalue weighted by Crippen LogP contribution is -2.44. The first-order valence-electron chi connectivity index (χ1n) is 4.44. The van der Waals surface area contributed by atoms with E-state index in [1.54, 1.807) is 0 Å². The molecule has 4 saturated carbocycles. The van der Waals surface area contributed by atoms with E-state index < -0.39 is 0 Å². The van der Waals surface area contributed by atoms with Crippen molar-refractivity contribution in [3.05, 3.63) is 0 Å². The lowest BCUT2D eigenvalue weighted by molar-refractivity contribution is 0.0170. The van der Waals surface area contributed by atoms with Crippen LogP contribution in [0.4, 0.5) is 0 Å². The van der Waals surface area contributed by atoms with Crippen LogP contribution in [0, 0.1) is 16.7 Å². The molecule has 0 aromatic rings. The van der Waals surface area contributed by atoms with E-state index in [4.69, 9.17) is 4.74 Å². The van der Waals surface area contributed by atoms with Crippen LogP contribution in [-0.4, -0.2) is 12.7 Å². The highest BCUT2D eigenvalue weighted by molar-refractivity contribution is 5.24. The maximum absolute atomic E-state index is 5.77. The Hall–Kier alpha value is -0.0400. The molecule has 1 saturated heterocycles. The summed E-state index contributed by atoms with van der Waals surface area (Å²) in [5.74, 6) is 1.01. The maximum Gasteiger partial charge on any atom is 0.0615 e. The van der Waals surface area contributed by atoms with Gasteiger partial charge in [-0.3, -0.25) is 0 Å². The van der Waals surface area contributed by atoms with E-state index in [2.05, 4.69) is 0 Å². The average molecular weight is 136 g/mol. The largest absolute Gasteiger partial charge is 0.377 e. The van der Waals surface area contributed by atoms with Gasteiger partial charge in [0.2, 0.25) is 0 Å². The number of hydrogen-bond donors (Lipinski definition) is 0. The van der Waals surface area contributed by atoms with Crippen LogP contribution in [0.5, 0.6) is 0 Å². The Balaban J connectivity index is 2.00. The van der Waals surface area contributed by atoms with Gasteiger partial charge in [-0.15, -0.1) is 0 Å². The molecule has 3 bridgehead atoms. The van der Waals surface area contributed by atoms with Crippen LogP contribution in [0.15, 0.2) is 0 Å². The first kappa shape index (κ1) is 4.76. The van der Waals surface area contributed by atoms with Crippen LogP contribution in [0.3, 0.4) is 0 Å². The quantitative estimate of drug-likeness (QED) is 0.491. The second-order valence-corrected chi connectivity index (χ2v) is 5.08. The van der Waals surface area contributed by atoms with E-state index in [0.29, 0.717) is 6.10 Å². The van der Waals surface area contributed by atoms with Crippen LogP contribution in [0.25, 0.3) is 0 Å². The van der Waals surface area contributed by atoms with Crippen LogP contribution >= 0.6 is 0 Å². The second kappa shape index (κ2) is 0.989. The van der Waals surface area contributed by atoms with E-state index in [-0.39, 0.29) is 0 Å². The van der Waals surface area contributed by atoms with Crippen molar-refractivity contribution in [2.75, 3.05) is 6.61 Å². The highest BCUT2D eigenvalue weighted by Crippen LogP contribution is 2.80. The summed E-state index contributed by atoms with van der Waals surface area (Å²) < 4.78 is 5.77. The number of hydrogen-bond acceptors (Lipinski definition) is 1. The molecule has 0 amide bonds. The molecule has 0 radical (unpaired) electrons. The Bertz CT molecular complexity index is 203. The summed E-state index contributed by atoms with van der Waals surface area (Å²) in [5, 5.41) is 0. The van der Waals surface area contributed by atoms with Gasteiger partial charge in [0.25, 0.3) is 0 Å². The Morgan fingerprint density at radius 3 is 2.70 bits per heavy atom. The predicted octanol–water partition coefficient (Wildman–Crippen LogP) is 1.58. The summed E-state index contributed by atoms with van der Waals surface area (Å²) in [6.45, 7) is 1.12. The number of rotatable bonds is 0. The third kappa shape index (κ3) is 0.268. The minimum atomic E-state index is 0.711. The minimum absolute atomic E-state index is 0.711. The van der Waals surface area contributed by atoms with Crippen molar-refractivity contribution in [1.82, 2.24) is 0 Å². The van der Waals surface area contributed by atoms with E-state index in [1.165, 1.54) is 25.7 Å². The second-order valence-electron chi connectivity index (χ2n) is 5.08. The first-order chi connectivity index (χ1) is 4.82. The third-order valence-corrected chi connectivity index (χ3v) is 4.56. The zero-order valence-electron chi connectivity index (χ0n) is 6.10. The minimum Gasteiger partial charge on any atom is -0.377 e. The smallest absolute Gasteiger partial charge is 0.0615 e. The third-order valence-electron chi connectivity index (χ3n) is 4.56. The molecule has 1 heteroatoms. The van der Waals surface area contributed by atoms with E-state index in [1.807, 2.05) is 0 Å². The summed E-state index contributed by atoms with van der Waals surface area (Å²) in [6, 6.07) is 0. The Labute approximate surface area is 60.7 Å². The first-order valence-corrected chi connectivity index (χ1v) is 4.44. The number of ether oxygens (including phenoxy) is 1. The fraction of sp³-hybridized carbons (Fsp3) is 1.00. The summed E-state index contributed by atoms with van der Waals surface area (Å²) >= 11 is 0. The topological polar surface area (TPSA) is 9.23 Å². The zero-order chi connectivity index (χ0) is 6.40. The van der Waals surface area contributed by atoms with Crippen LogP contribution in [0.1, 0.15) is 25.7 Å². The van der Waals surface area contributed by atoms with Crippen molar-refractivity contribution in [2.24, 2.45) is 16.7 Å². The van der Waals surface area contributed by atoms with Gasteiger partial charge < -0.3 is 4.74 Å². The Kier molecular flexibility index (Phi) is 0.471. The summed E-state index contributed by atoms with van der Waals surface area (Å²) in [5.41, 5.74) is 1.56. The van der Waals surface area contributed by atoms with Gasteiger partial charge in [0.05, 0.1) is 12.7 Å². The Morgan fingerprint density at radius 2 is 2.10 bits per heavy atom. The molecular weight excluding hydrogens is 124 g/mol. The van der Waals surface area contributed by atoms with Crippen LogP contribution in [0.2, 0.25) is 0 Å². The molecule has 1 heterocycles. The van der Waals surface area contributed by atoms with Crippen molar-refractivity contribution in [1.29, 1.82) is 0 Å². The SMILES string of the molecule is C1C2OCC34CC1(CC23)C4. The molecular formula is C9H12O. The molecule has 0 N–H and O–H groups in total. The molecule has 4 aliphatic carbocycles. The molecule has 5 fully saturated rings. The van der Waals surface area contributed by atoms with Crippen molar-refractivity contribution in [2.45, 2.75) is 31.8 Å². The molecule has 1 aliphatic heterocycles. The van der Waals surface area contributed by atoms with Gasteiger partial charge in [-0.25, -0.2) is 0 Å². The van der Waals surface area contributed by atoms with Crippen molar-refractivity contribution in [3.63, 3.8) is 0 Å². The van der Waals surface area contributed by atoms with Gasteiger partial charge >= 0.3 is 0 Å². The summed E-state index contributed by atoms with van der Waals surface area (Å²) in [6.07, 6.45) is 6.71. The van der Waals surface area contributed by atoms with E-state index in [9.17, 15) is 0 Å². The molecule has 0 aromatic carbocycles. The van der Waals surface area contributed by atoms with Crippen molar-refractivity contribution >= 4 is 0 Å². The standard InChI is InChI=1S/C9H12O/c1-6-7-2-8(1)3-9(6,4-8)5-10-7/h6-7H,1-5H2. The molecule has 0 aromatic heterocycles. The maximum atomic E-state index is 5.77. The summed E-state index contributed by atoms with van der Waals surface area (Å²) in [4.78, 5) is 0.